The van der Waals surface area contributed by atoms with Crippen molar-refractivity contribution in [2.75, 3.05) is 6.61 Å². The standard InChI is InChI=1S/C22H39ClO2Si/c1-4-5-6-7-8-9-10-11-12-13-14-17-20-24-26(2,3)25-22-19-16-15-18-21(22)23/h15-16,18-19H,4-14,17,20H2,1-3H3. The molecule has 0 fully saturated rings. The predicted molar refractivity (Wildman–Crippen MR) is 117 cm³/mol. The van der Waals surface area contributed by atoms with Crippen LogP contribution in [0.15, 0.2) is 24.3 Å². The van der Waals surface area contributed by atoms with E-state index in [9.17, 15) is 0 Å². The molecule has 1 aromatic rings. The molecule has 0 N–H and O–H groups in total. The maximum Gasteiger partial charge on any atom is 0.392 e. The molecule has 26 heavy (non-hydrogen) atoms. The molecule has 0 saturated carbocycles. The number of hydrogen-bond donors (Lipinski definition) is 0. The summed E-state index contributed by atoms with van der Waals surface area (Å²) in [6, 6.07) is 7.62. The van der Waals surface area contributed by atoms with Crippen LogP contribution in [-0.4, -0.2) is 15.2 Å². The van der Waals surface area contributed by atoms with E-state index in [0.29, 0.717) is 5.02 Å². The van der Waals surface area contributed by atoms with Crippen LogP contribution in [0.3, 0.4) is 0 Å². The Hall–Kier alpha value is -0.513. The van der Waals surface area contributed by atoms with Crippen LogP contribution in [-0.2, 0) is 4.43 Å². The Labute approximate surface area is 167 Å². The zero-order valence-corrected chi connectivity index (χ0v) is 19.0. The molecule has 0 saturated heterocycles. The molecule has 2 nitrogen and oxygen atoms in total. The van der Waals surface area contributed by atoms with Gasteiger partial charge in [0.15, 0.2) is 0 Å². The van der Waals surface area contributed by atoms with Crippen LogP contribution in [0.25, 0.3) is 0 Å². The van der Waals surface area contributed by atoms with E-state index in [0.717, 1.165) is 18.8 Å². The topological polar surface area (TPSA) is 18.5 Å². The van der Waals surface area contributed by atoms with Gasteiger partial charge in [-0.2, -0.15) is 0 Å². The number of hydrogen-bond acceptors (Lipinski definition) is 2. The van der Waals surface area contributed by atoms with E-state index >= 15 is 0 Å². The normalized spacial score (nSPS) is 11.7. The lowest BCUT2D eigenvalue weighted by atomic mass is 10.1. The van der Waals surface area contributed by atoms with Crippen molar-refractivity contribution < 1.29 is 8.85 Å². The highest BCUT2D eigenvalue weighted by Gasteiger charge is 2.27. The second-order valence-electron chi connectivity index (χ2n) is 7.67. The fourth-order valence-corrected chi connectivity index (χ4v) is 4.72. The Morgan fingerprint density at radius 2 is 1.27 bits per heavy atom. The third-order valence-corrected chi connectivity index (χ3v) is 6.56. The van der Waals surface area contributed by atoms with Gasteiger partial charge in [0.2, 0.25) is 0 Å². The van der Waals surface area contributed by atoms with Crippen LogP contribution < -0.4 is 4.43 Å². The number of halogens is 1. The second kappa shape index (κ2) is 14.5. The summed E-state index contributed by atoms with van der Waals surface area (Å²) in [5, 5.41) is 0.655. The summed E-state index contributed by atoms with van der Waals surface area (Å²) in [6.07, 6.45) is 16.3. The van der Waals surface area contributed by atoms with Gasteiger partial charge in [-0.05, 0) is 31.6 Å². The van der Waals surface area contributed by atoms with Gasteiger partial charge < -0.3 is 8.85 Å². The first-order valence-electron chi connectivity index (χ1n) is 10.6. The largest absolute Gasteiger partial charge is 0.519 e. The average Bonchev–Trinajstić information content (AvgIpc) is 2.61. The number of rotatable bonds is 16. The van der Waals surface area contributed by atoms with Gasteiger partial charge >= 0.3 is 8.56 Å². The summed E-state index contributed by atoms with van der Waals surface area (Å²) in [7, 11) is -2.16. The smallest absolute Gasteiger partial charge is 0.392 e. The van der Waals surface area contributed by atoms with E-state index < -0.39 is 8.56 Å². The lowest BCUT2D eigenvalue weighted by molar-refractivity contribution is 0.241. The minimum Gasteiger partial charge on any atom is -0.519 e. The molecular weight excluding hydrogens is 360 g/mol. The van der Waals surface area contributed by atoms with Gasteiger partial charge in [-0.1, -0.05) is 101 Å². The Morgan fingerprint density at radius 1 is 0.769 bits per heavy atom. The fourth-order valence-electron chi connectivity index (χ4n) is 3.08. The molecule has 1 aromatic carbocycles. The maximum absolute atomic E-state index is 6.16. The van der Waals surface area contributed by atoms with Crippen molar-refractivity contribution in [1.82, 2.24) is 0 Å². The highest BCUT2D eigenvalue weighted by molar-refractivity contribution is 6.65. The fraction of sp³-hybridized carbons (Fsp3) is 0.727. The number of unbranched alkanes of at least 4 members (excludes halogenated alkanes) is 11. The first kappa shape index (κ1) is 23.5. The summed E-state index contributed by atoms with van der Waals surface area (Å²) in [5.41, 5.74) is 0. The Bertz CT molecular complexity index is 465. The monoisotopic (exact) mass is 398 g/mol. The zero-order chi connectivity index (χ0) is 19.1. The third kappa shape index (κ3) is 12.0. The summed E-state index contributed by atoms with van der Waals surface area (Å²) < 4.78 is 12.1. The molecule has 0 aromatic heterocycles. The molecule has 0 atom stereocenters. The van der Waals surface area contributed by atoms with Gasteiger partial charge in [-0.25, -0.2) is 0 Å². The Balaban J connectivity index is 1.96. The first-order chi connectivity index (χ1) is 12.5. The van der Waals surface area contributed by atoms with Crippen molar-refractivity contribution in [2.24, 2.45) is 0 Å². The van der Waals surface area contributed by atoms with Crippen molar-refractivity contribution in [3.63, 3.8) is 0 Å². The van der Waals surface area contributed by atoms with E-state index in [1.807, 2.05) is 24.3 Å². The first-order valence-corrected chi connectivity index (χ1v) is 13.8. The zero-order valence-electron chi connectivity index (χ0n) is 17.2. The summed E-state index contributed by atoms with van der Waals surface area (Å²) in [4.78, 5) is 0. The van der Waals surface area contributed by atoms with Gasteiger partial charge in [-0.15, -0.1) is 0 Å². The van der Waals surface area contributed by atoms with Gasteiger partial charge in [0.05, 0.1) is 5.02 Å². The lowest BCUT2D eigenvalue weighted by Gasteiger charge is -2.24. The number of benzene rings is 1. The van der Waals surface area contributed by atoms with Crippen LogP contribution in [0.2, 0.25) is 18.1 Å². The van der Waals surface area contributed by atoms with Crippen LogP contribution in [0, 0.1) is 0 Å². The molecule has 0 aliphatic rings. The molecule has 1 rings (SSSR count). The molecule has 0 aliphatic heterocycles. The summed E-state index contributed by atoms with van der Waals surface area (Å²) in [6.45, 7) is 7.23. The van der Waals surface area contributed by atoms with E-state index in [1.165, 1.54) is 70.6 Å². The van der Waals surface area contributed by atoms with E-state index in [1.54, 1.807) is 0 Å². The van der Waals surface area contributed by atoms with Gasteiger partial charge in [-0.3, -0.25) is 0 Å². The summed E-state index contributed by atoms with van der Waals surface area (Å²) in [5.74, 6) is 0.737. The maximum atomic E-state index is 6.16. The highest BCUT2D eigenvalue weighted by Crippen LogP contribution is 2.26. The molecule has 0 unspecified atom stereocenters. The molecule has 0 amide bonds. The quantitative estimate of drug-likeness (QED) is 0.206. The molecule has 0 heterocycles. The van der Waals surface area contributed by atoms with Gasteiger partial charge in [0.1, 0.15) is 5.75 Å². The average molecular weight is 399 g/mol. The number of para-hydroxylation sites is 1. The molecule has 0 aliphatic carbocycles. The minimum absolute atomic E-state index is 0.655. The van der Waals surface area contributed by atoms with Crippen molar-refractivity contribution in [3.8, 4) is 5.75 Å². The van der Waals surface area contributed by atoms with Crippen LogP contribution >= 0.6 is 11.6 Å². The van der Waals surface area contributed by atoms with Gasteiger partial charge in [0.25, 0.3) is 0 Å². The summed E-state index contributed by atoms with van der Waals surface area (Å²) >= 11 is 6.16. The van der Waals surface area contributed by atoms with E-state index in [4.69, 9.17) is 20.5 Å². The lowest BCUT2D eigenvalue weighted by Crippen LogP contribution is -2.38. The Morgan fingerprint density at radius 3 is 1.81 bits per heavy atom. The van der Waals surface area contributed by atoms with Crippen molar-refractivity contribution >= 4 is 20.2 Å². The molecule has 4 heteroatoms. The molecule has 0 radical (unpaired) electrons. The van der Waals surface area contributed by atoms with E-state index in [-0.39, 0.29) is 0 Å². The Kier molecular flexibility index (Phi) is 13.2. The molecule has 0 spiro atoms. The van der Waals surface area contributed by atoms with Crippen molar-refractivity contribution in [1.29, 1.82) is 0 Å². The van der Waals surface area contributed by atoms with Crippen LogP contribution in [0.5, 0.6) is 5.75 Å². The molecule has 150 valence electrons. The second-order valence-corrected chi connectivity index (χ2v) is 11.4. The van der Waals surface area contributed by atoms with Crippen LogP contribution in [0.4, 0.5) is 0 Å². The molecular formula is C22H39ClO2Si. The van der Waals surface area contributed by atoms with Crippen LogP contribution in [0.1, 0.15) is 84.0 Å². The van der Waals surface area contributed by atoms with Crippen molar-refractivity contribution in [3.05, 3.63) is 29.3 Å². The van der Waals surface area contributed by atoms with Crippen molar-refractivity contribution in [2.45, 2.75) is 97.1 Å². The SMILES string of the molecule is CCCCCCCCCCCCCCO[Si](C)(C)Oc1ccccc1Cl. The highest BCUT2D eigenvalue weighted by atomic mass is 35.5. The minimum atomic E-state index is -2.16. The predicted octanol–water partition coefficient (Wildman–Crippen LogP) is 8.14. The van der Waals surface area contributed by atoms with E-state index in [2.05, 4.69) is 20.0 Å². The third-order valence-electron chi connectivity index (χ3n) is 4.64. The molecule has 0 bridgehead atoms. The van der Waals surface area contributed by atoms with Gasteiger partial charge in [0, 0.05) is 6.61 Å².